The van der Waals surface area contributed by atoms with Gasteiger partial charge in [-0.3, -0.25) is 0 Å². The van der Waals surface area contributed by atoms with Gasteiger partial charge in [0, 0.05) is 0 Å². The molecule has 17 heavy (non-hydrogen) atoms. The largest absolute Gasteiger partial charge is 0.508 e. The Kier molecular flexibility index (Phi) is 3.67. The van der Waals surface area contributed by atoms with Crippen LogP contribution in [-0.2, 0) is 5.67 Å². The van der Waals surface area contributed by atoms with Crippen LogP contribution in [0.3, 0.4) is 0 Å². The number of phenols is 1. The Morgan fingerprint density at radius 1 is 1.41 bits per heavy atom. The second kappa shape index (κ2) is 5.05. The van der Waals surface area contributed by atoms with Gasteiger partial charge in [0.15, 0.2) is 0 Å². The minimum Gasteiger partial charge on any atom is -0.508 e. The van der Waals surface area contributed by atoms with Gasteiger partial charge in [-0.15, -0.1) is 0 Å². The van der Waals surface area contributed by atoms with E-state index in [4.69, 9.17) is 0 Å². The van der Waals surface area contributed by atoms with Crippen molar-refractivity contribution in [1.82, 2.24) is 5.32 Å². The lowest BCUT2D eigenvalue weighted by Gasteiger charge is -2.29. The normalized spacial score (nSPS) is 21.1. The fourth-order valence-electron chi connectivity index (χ4n) is 2.58. The highest BCUT2D eigenvalue weighted by Crippen LogP contribution is 2.36. The molecule has 94 valence electrons. The molecule has 0 aliphatic carbocycles. The van der Waals surface area contributed by atoms with Gasteiger partial charge >= 0.3 is 0 Å². The topological polar surface area (TPSA) is 32.3 Å². The number of nitrogens with one attached hydrogen (secondary N) is 1. The lowest BCUT2D eigenvalue weighted by molar-refractivity contribution is 0.132. The number of halogens is 1. The predicted molar refractivity (Wildman–Crippen MR) is 66.8 cm³/mol. The summed E-state index contributed by atoms with van der Waals surface area (Å²) in [5.74, 6) is 0.574. The monoisotopic (exact) mass is 237 g/mol. The lowest BCUT2D eigenvalue weighted by atomic mass is 9.83. The number of aromatic hydroxyl groups is 1. The number of hydrogen-bond donors (Lipinski definition) is 2. The van der Waals surface area contributed by atoms with E-state index in [1.807, 2.05) is 0 Å². The first-order chi connectivity index (χ1) is 8.08. The van der Waals surface area contributed by atoms with Crippen molar-refractivity contribution in [2.45, 2.75) is 31.9 Å². The molecule has 3 heteroatoms. The maximum Gasteiger partial charge on any atom is 0.133 e. The molecule has 1 aromatic carbocycles. The fraction of sp³-hybridized carbons (Fsp3) is 0.571. The van der Waals surface area contributed by atoms with Gasteiger partial charge < -0.3 is 10.4 Å². The van der Waals surface area contributed by atoms with Gasteiger partial charge in [0.1, 0.15) is 11.4 Å². The van der Waals surface area contributed by atoms with Gasteiger partial charge in [-0.25, -0.2) is 4.39 Å². The van der Waals surface area contributed by atoms with Crippen LogP contribution in [0.25, 0.3) is 0 Å². The molecule has 1 atom stereocenters. The third-order valence-electron chi connectivity index (χ3n) is 3.58. The van der Waals surface area contributed by atoms with Crippen LogP contribution in [0.1, 0.15) is 31.7 Å². The fourth-order valence-corrected chi connectivity index (χ4v) is 2.58. The van der Waals surface area contributed by atoms with Crippen molar-refractivity contribution >= 4 is 0 Å². The number of alkyl halides is 1. The maximum atomic E-state index is 14.7. The van der Waals surface area contributed by atoms with Gasteiger partial charge in [-0.2, -0.15) is 0 Å². The van der Waals surface area contributed by atoms with Crippen LogP contribution in [0.5, 0.6) is 5.75 Å². The minimum atomic E-state index is -1.35. The Balaban J connectivity index is 2.06. The van der Waals surface area contributed by atoms with Gasteiger partial charge in [0.25, 0.3) is 0 Å². The predicted octanol–water partition coefficient (Wildman–Crippen LogP) is 2.97. The second-order valence-corrected chi connectivity index (χ2v) is 5.15. The van der Waals surface area contributed by atoms with Crippen molar-refractivity contribution in [2.24, 2.45) is 5.92 Å². The molecule has 0 saturated carbocycles. The van der Waals surface area contributed by atoms with Crippen LogP contribution in [-0.4, -0.2) is 18.2 Å². The Hall–Kier alpha value is -1.09. The second-order valence-electron chi connectivity index (χ2n) is 5.15. The number of hydrogen-bond acceptors (Lipinski definition) is 2. The molecule has 0 bridgehead atoms. The summed E-state index contributed by atoms with van der Waals surface area (Å²) in [6, 6.07) is 6.55. The molecule has 0 radical (unpaired) electrons. The molecule has 1 aliphatic rings. The zero-order valence-corrected chi connectivity index (χ0v) is 10.2. The third-order valence-corrected chi connectivity index (χ3v) is 3.58. The van der Waals surface area contributed by atoms with E-state index in [0.717, 1.165) is 25.9 Å². The van der Waals surface area contributed by atoms with Crippen molar-refractivity contribution in [1.29, 1.82) is 0 Å². The van der Waals surface area contributed by atoms with Crippen LogP contribution in [0.2, 0.25) is 0 Å². The molecule has 2 rings (SSSR count). The first-order valence-electron chi connectivity index (χ1n) is 6.27. The summed E-state index contributed by atoms with van der Waals surface area (Å²) in [4.78, 5) is 0. The Morgan fingerprint density at radius 2 is 2.12 bits per heavy atom. The van der Waals surface area contributed by atoms with Gasteiger partial charge in [-0.1, -0.05) is 12.1 Å². The third kappa shape index (κ3) is 3.19. The summed E-state index contributed by atoms with van der Waals surface area (Å²) in [6.07, 6.45) is 2.62. The smallest absolute Gasteiger partial charge is 0.133 e. The number of piperidine rings is 1. The van der Waals surface area contributed by atoms with E-state index in [0.29, 0.717) is 17.9 Å². The Morgan fingerprint density at radius 3 is 2.76 bits per heavy atom. The van der Waals surface area contributed by atoms with E-state index in [-0.39, 0.29) is 5.75 Å². The van der Waals surface area contributed by atoms with Crippen molar-refractivity contribution in [2.75, 3.05) is 13.1 Å². The minimum absolute atomic E-state index is 0.136. The SMILES string of the molecule is CC(F)(CC1CCNCC1)c1cccc(O)c1. The average molecular weight is 237 g/mol. The molecular formula is C14H20FNO. The first-order valence-corrected chi connectivity index (χ1v) is 6.27. The van der Waals surface area contributed by atoms with Crippen LogP contribution < -0.4 is 5.32 Å². The summed E-state index contributed by atoms with van der Waals surface area (Å²) >= 11 is 0. The molecule has 0 spiro atoms. The summed E-state index contributed by atoms with van der Waals surface area (Å²) in [6.45, 7) is 3.59. The summed E-state index contributed by atoms with van der Waals surface area (Å²) in [5.41, 5.74) is -0.767. The average Bonchev–Trinajstić information content (AvgIpc) is 2.30. The molecule has 1 saturated heterocycles. The van der Waals surface area contributed by atoms with E-state index in [9.17, 15) is 9.50 Å². The summed E-state index contributed by atoms with van der Waals surface area (Å²) < 4.78 is 14.7. The van der Waals surface area contributed by atoms with Crippen molar-refractivity contribution in [3.05, 3.63) is 29.8 Å². The number of phenolic OH excluding ortho intramolecular Hbond substituents is 1. The molecule has 1 aromatic rings. The zero-order valence-electron chi connectivity index (χ0n) is 10.2. The maximum absolute atomic E-state index is 14.7. The quantitative estimate of drug-likeness (QED) is 0.847. The highest BCUT2D eigenvalue weighted by atomic mass is 19.1. The number of benzene rings is 1. The van der Waals surface area contributed by atoms with Crippen molar-refractivity contribution in [3.63, 3.8) is 0 Å². The molecule has 2 nitrogen and oxygen atoms in total. The molecule has 0 aromatic heterocycles. The summed E-state index contributed by atoms with van der Waals surface area (Å²) in [7, 11) is 0. The van der Waals surface area contributed by atoms with Crippen molar-refractivity contribution < 1.29 is 9.50 Å². The van der Waals surface area contributed by atoms with Crippen LogP contribution >= 0.6 is 0 Å². The highest BCUT2D eigenvalue weighted by molar-refractivity contribution is 5.31. The molecule has 1 fully saturated rings. The standard InChI is InChI=1S/C14H20FNO/c1-14(15,10-11-5-7-16-8-6-11)12-3-2-4-13(17)9-12/h2-4,9,11,16-17H,5-8,10H2,1H3. The Labute approximate surface area is 102 Å². The molecule has 0 amide bonds. The van der Waals surface area contributed by atoms with Gasteiger partial charge in [-0.05, 0) is 62.9 Å². The molecule has 1 aliphatic heterocycles. The molecule has 1 unspecified atom stereocenters. The van der Waals surface area contributed by atoms with Gasteiger partial charge in [0.2, 0.25) is 0 Å². The molecular weight excluding hydrogens is 217 g/mol. The van der Waals surface area contributed by atoms with E-state index in [2.05, 4.69) is 5.32 Å². The van der Waals surface area contributed by atoms with Crippen molar-refractivity contribution in [3.8, 4) is 5.75 Å². The highest BCUT2D eigenvalue weighted by Gasteiger charge is 2.30. The van der Waals surface area contributed by atoms with E-state index in [1.165, 1.54) is 6.07 Å². The molecule has 1 heterocycles. The zero-order chi connectivity index (χ0) is 12.3. The van der Waals surface area contributed by atoms with Crippen LogP contribution in [0.15, 0.2) is 24.3 Å². The van der Waals surface area contributed by atoms with E-state index < -0.39 is 5.67 Å². The van der Waals surface area contributed by atoms with E-state index in [1.54, 1.807) is 25.1 Å². The van der Waals surface area contributed by atoms with Crippen LogP contribution in [0.4, 0.5) is 4.39 Å². The number of rotatable bonds is 3. The van der Waals surface area contributed by atoms with Crippen LogP contribution in [0, 0.1) is 5.92 Å². The summed E-state index contributed by atoms with van der Waals surface area (Å²) in [5, 5.41) is 12.7. The lowest BCUT2D eigenvalue weighted by Crippen LogP contribution is -2.31. The molecule has 2 N–H and O–H groups in total. The Bertz CT molecular complexity index is 372. The van der Waals surface area contributed by atoms with E-state index >= 15 is 0 Å². The first kappa shape index (κ1) is 12.4. The van der Waals surface area contributed by atoms with Gasteiger partial charge in [0.05, 0.1) is 0 Å².